The van der Waals surface area contributed by atoms with E-state index >= 15 is 0 Å². The van der Waals surface area contributed by atoms with Crippen molar-refractivity contribution in [2.75, 3.05) is 24.2 Å². The molecule has 0 bridgehead atoms. The van der Waals surface area contributed by atoms with Crippen LogP contribution in [0.5, 0.6) is 0 Å². The number of nitrogens with one attached hydrogen (secondary N) is 1. The Morgan fingerprint density at radius 3 is 3.00 bits per heavy atom. The van der Waals surface area contributed by atoms with Crippen LogP contribution in [0.1, 0.15) is 18.1 Å². The number of hydrogen-bond acceptors (Lipinski definition) is 5. The summed E-state index contributed by atoms with van der Waals surface area (Å²) in [7, 11) is 0. The number of benzene rings is 1. The third kappa shape index (κ3) is 3.93. The maximum atomic E-state index is 6.26. The van der Waals surface area contributed by atoms with Crippen molar-refractivity contribution in [2.45, 2.75) is 24.9 Å². The highest BCUT2D eigenvalue weighted by molar-refractivity contribution is 8.00. The van der Waals surface area contributed by atoms with Gasteiger partial charge in [-0.1, -0.05) is 30.7 Å². The lowest BCUT2D eigenvalue weighted by Gasteiger charge is -2.29. The lowest BCUT2D eigenvalue weighted by atomic mass is 9.98. The van der Waals surface area contributed by atoms with Crippen molar-refractivity contribution >= 4 is 57.1 Å². The zero-order valence-corrected chi connectivity index (χ0v) is 17.3. The van der Waals surface area contributed by atoms with Crippen LogP contribution in [0.15, 0.2) is 34.8 Å². The first kappa shape index (κ1) is 18.9. The maximum absolute atomic E-state index is 6.26. The minimum atomic E-state index is 0.552. The van der Waals surface area contributed by atoms with E-state index in [0.717, 1.165) is 36.0 Å². The second-order valence-electron chi connectivity index (χ2n) is 5.53. The van der Waals surface area contributed by atoms with Gasteiger partial charge in [0.2, 0.25) is 0 Å². The summed E-state index contributed by atoms with van der Waals surface area (Å²) in [5.74, 6) is 0. The number of halogens is 2. The standard InChI is InChI=1S/C16H17ClN4S2.CH3Cl/c1-2-20-7-6-12-11(10-20)4-3-5-13(12)19-23-15-14(17)18-16-21(15)8-9-22-16;1-2/h3-5,8-9,19H,2,6-7,10H2,1H3;1H3. The van der Waals surface area contributed by atoms with Crippen LogP contribution in [-0.2, 0) is 13.0 Å². The van der Waals surface area contributed by atoms with E-state index < -0.39 is 0 Å². The van der Waals surface area contributed by atoms with Crippen LogP contribution < -0.4 is 4.72 Å². The molecule has 2 aromatic heterocycles. The molecular weight excluding hydrogens is 395 g/mol. The summed E-state index contributed by atoms with van der Waals surface area (Å²) in [4.78, 5) is 7.77. The van der Waals surface area contributed by atoms with E-state index in [0.29, 0.717) is 5.15 Å². The number of anilines is 1. The SMILES string of the molecule is CCN1CCc2c(cccc2NSc2c(Cl)nc3sccn23)C1.CCl. The largest absolute Gasteiger partial charge is 0.324 e. The molecule has 0 atom stereocenters. The molecule has 0 saturated carbocycles. The molecule has 8 heteroatoms. The topological polar surface area (TPSA) is 32.6 Å². The van der Waals surface area contributed by atoms with Crippen molar-refractivity contribution < 1.29 is 0 Å². The van der Waals surface area contributed by atoms with Crippen LogP contribution in [0.25, 0.3) is 4.96 Å². The summed E-state index contributed by atoms with van der Waals surface area (Å²) in [6.45, 7) is 5.48. The van der Waals surface area contributed by atoms with Crippen molar-refractivity contribution in [3.63, 3.8) is 0 Å². The van der Waals surface area contributed by atoms with E-state index in [2.05, 4.69) is 51.3 Å². The normalized spacial score (nSPS) is 14.1. The molecule has 1 N–H and O–H groups in total. The second kappa shape index (κ2) is 8.64. The first-order valence-corrected chi connectivity index (χ1v) is 10.8. The maximum Gasteiger partial charge on any atom is 0.196 e. The van der Waals surface area contributed by atoms with E-state index in [-0.39, 0.29) is 0 Å². The highest BCUT2D eigenvalue weighted by atomic mass is 35.5. The molecule has 0 aliphatic carbocycles. The molecule has 0 amide bonds. The Hall–Kier alpha value is -0.920. The Bertz CT molecular complexity index is 846. The van der Waals surface area contributed by atoms with Gasteiger partial charge >= 0.3 is 0 Å². The van der Waals surface area contributed by atoms with Gasteiger partial charge in [-0.3, -0.25) is 9.30 Å². The van der Waals surface area contributed by atoms with Crippen molar-refractivity contribution in [3.05, 3.63) is 46.1 Å². The summed E-state index contributed by atoms with van der Waals surface area (Å²) in [6.07, 6.45) is 4.56. The van der Waals surface area contributed by atoms with Crippen LogP contribution >= 0.6 is 46.5 Å². The molecule has 134 valence electrons. The Labute approximate surface area is 166 Å². The van der Waals surface area contributed by atoms with E-state index in [1.54, 1.807) is 11.3 Å². The molecule has 0 radical (unpaired) electrons. The number of rotatable bonds is 4. The number of hydrogen-bond donors (Lipinski definition) is 1. The van der Waals surface area contributed by atoms with Gasteiger partial charge in [0.05, 0.1) is 0 Å². The Morgan fingerprint density at radius 1 is 1.36 bits per heavy atom. The average Bonchev–Trinajstić information content (AvgIpc) is 3.22. The number of alkyl halides is 1. The van der Waals surface area contributed by atoms with Crippen LogP contribution in [0.3, 0.4) is 0 Å². The molecule has 1 aromatic carbocycles. The number of thiazole rings is 1. The average molecular weight is 415 g/mol. The summed E-state index contributed by atoms with van der Waals surface area (Å²) in [5, 5.41) is 3.51. The van der Waals surface area contributed by atoms with E-state index in [1.165, 1.54) is 35.1 Å². The molecule has 1 aliphatic rings. The summed E-state index contributed by atoms with van der Waals surface area (Å²) >= 11 is 14.0. The van der Waals surface area contributed by atoms with Crippen LogP contribution in [-0.4, -0.2) is 33.8 Å². The van der Waals surface area contributed by atoms with Gasteiger partial charge in [-0.05, 0) is 30.2 Å². The predicted octanol–water partition coefficient (Wildman–Crippen LogP) is 5.40. The molecule has 1 aliphatic heterocycles. The van der Waals surface area contributed by atoms with Gasteiger partial charge in [-0.15, -0.1) is 22.9 Å². The third-order valence-electron chi connectivity index (χ3n) is 4.23. The molecule has 25 heavy (non-hydrogen) atoms. The van der Waals surface area contributed by atoms with Gasteiger partial charge < -0.3 is 4.72 Å². The van der Waals surface area contributed by atoms with Gasteiger partial charge in [0.1, 0.15) is 5.03 Å². The van der Waals surface area contributed by atoms with Crippen molar-refractivity contribution in [2.24, 2.45) is 0 Å². The monoisotopic (exact) mass is 414 g/mol. The van der Waals surface area contributed by atoms with Crippen molar-refractivity contribution in [3.8, 4) is 0 Å². The van der Waals surface area contributed by atoms with Crippen LogP contribution in [0.2, 0.25) is 5.15 Å². The van der Waals surface area contributed by atoms with E-state index in [9.17, 15) is 0 Å². The molecule has 3 heterocycles. The van der Waals surface area contributed by atoms with Gasteiger partial charge in [0.15, 0.2) is 10.1 Å². The van der Waals surface area contributed by atoms with Gasteiger partial charge in [-0.25, -0.2) is 4.98 Å². The summed E-state index contributed by atoms with van der Waals surface area (Å²) in [5.41, 5.74) is 4.03. The second-order valence-corrected chi connectivity index (χ2v) is 7.56. The number of imidazole rings is 1. The third-order valence-corrected chi connectivity index (χ3v) is 6.27. The minimum absolute atomic E-state index is 0.552. The van der Waals surface area contributed by atoms with E-state index in [1.807, 2.05) is 16.0 Å². The highest BCUT2D eigenvalue weighted by Crippen LogP contribution is 2.33. The summed E-state index contributed by atoms with van der Waals surface area (Å²) < 4.78 is 5.51. The smallest absolute Gasteiger partial charge is 0.196 e. The Morgan fingerprint density at radius 2 is 2.20 bits per heavy atom. The molecule has 0 saturated heterocycles. The molecule has 0 unspecified atom stereocenters. The zero-order valence-electron chi connectivity index (χ0n) is 14.1. The lowest BCUT2D eigenvalue weighted by molar-refractivity contribution is 0.268. The minimum Gasteiger partial charge on any atom is -0.324 e. The Balaban J connectivity index is 0.000000880. The molecule has 4 rings (SSSR count). The molecule has 3 aromatic rings. The van der Waals surface area contributed by atoms with Crippen molar-refractivity contribution in [1.29, 1.82) is 0 Å². The molecule has 0 spiro atoms. The van der Waals surface area contributed by atoms with Crippen LogP contribution in [0, 0.1) is 0 Å². The Kier molecular flexibility index (Phi) is 6.52. The fraction of sp³-hybridized carbons (Fsp3) is 0.353. The van der Waals surface area contributed by atoms with Gasteiger partial charge in [-0.2, -0.15) is 0 Å². The molecular formula is C17H20Cl2N4S2. The van der Waals surface area contributed by atoms with Gasteiger partial charge in [0.25, 0.3) is 0 Å². The fourth-order valence-electron chi connectivity index (χ4n) is 2.97. The number of likely N-dealkylation sites (N-methyl/N-ethyl adjacent to an activating group) is 1. The molecule has 4 nitrogen and oxygen atoms in total. The van der Waals surface area contributed by atoms with Crippen molar-refractivity contribution in [1.82, 2.24) is 14.3 Å². The molecule has 0 fully saturated rings. The highest BCUT2D eigenvalue weighted by Gasteiger charge is 2.18. The fourth-order valence-corrected chi connectivity index (χ4v) is 4.85. The lowest BCUT2D eigenvalue weighted by Crippen LogP contribution is -2.30. The predicted molar refractivity (Wildman–Crippen MR) is 110 cm³/mol. The number of nitrogens with zero attached hydrogens (tertiary/aromatic N) is 3. The first-order chi connectivity index (χ1) is 12.3. The quantitative estimate of drug-likeness (QED) is 0.457. The van der Waals surface area contributed by atoms with Crippen LogP contribution in [0.4, 0.5) is 5.69 Å². The zero-order chi connectivity index (χ0) is 17.8. The number of fused-ring (bicyclic) bond motifs is 2. The van der Waals surface area contributed by atoms with Gasteiger partial charge in [0, 0.05) is 48.7 Å². The first-order valence-electron chi connectivity index (χ1n) is 8.01. The number of aromatic nitrogens is 2. The van der Waals surface area contributed by atoms with E-state index in [4.69, 9.17) is 11.6 Å². The summed E-state index contributed by atoms with van der Waals surface area (Å²) in [6, 6.07) is 6.50.